The molecule has 0 aromatic heterocycles. The Hall–Kier alpha value is -0.400. The van der Waals surface area contributed by atoms with E-state index in [1.807, 2.05) is 31.2 Å². The van der Waals surface area contributed by atoms with E-state index in [-0.39, 0.29) is 0 Å². The summed E-state index contributed by atoms with van der Waals surface area (Å²) in [5.41, 5.74) is 1.27. The van der Waals surface area contributed by atoms with Crippen molar-refractivity contribution in [2.45, 2.75) is 18.8 Å². The van der Waals surface area contributed by atoms with Crippen LogP contribution in [0.25, 0.3) is 0 Å². The van der Waals surface area contributed by atoms with Gasteiger partial charge in [0.05, 0.1) is 0 Å². The van der Waals surface area contributed by atoms with E-state index >= 15 is 0 Å². The van der Waals surface area contributed by atoms with Crippen molar-refractivity contribution in [3.8, 4) is 0 Å². The highest BCUT2D eigenvalue weighted by molar-refractivity contribution is 6.39. The van der Waals surface area contributed by atoms with Gasteiger partial charge in [0.15, 0.2) is 0 Å². The van der Waals surface area contributed by atoms with Gasteiger partial charge in [-0.2, -0.15) is 0 Å². The fourth-order valence-corrected chi connectivity index (χ4v) is 3.95. The SMILES string of the molecule is [CH2]CC(C)(c1ccccc1Cl)c1c(Cl)cc(Cl)cc1Cl. The molecule has 2 aromatic carbocycles. The fraction of sp³-hybridized carbons (Fsp3) is 0.188. The molecule has 2 rings (SSSR count). The average molecular weight is 347 g/mol. The number of rotatable bonds is 3. The second-order valence-corrected chi connectivity index (χ2v) is 6.46. The molecule has 0 fully saturated rings. The van der Waals surface area contributed by atoms with Crippen molar-refractivity contribution in [1.82, 2.24) is 0 Å². The minimum absolute atomic E-state index is 0.475. The van der Waals surface area contributed by atoms with Gasteiger partial charge < -0.3 is 0 Å². The number of hydrogen-bond donors (Lipinski definition) is 0. The summed E-state index contributed by atoms with van der Waals surface area (Å²) < 4.78 is 0. The predicted molar refractivity (Wildman–Crippen MR) is 89.4 cm³/mol. The van der Waals surface area contributed by atoms with Gasteiger partial charge in [0, 0.05) is 25.5 Å². The molecule has 0 spiro atoms. The minimum Gasteiger partial charge on any atom is -0.0842 e. The molecule has 0 N–H and O–H groups in total. The molecule has 1 unspecified atom stereocenters. The first-order valence-corrected chi connectivity index (χ1v) is 7.60. The summed E-state index contributed by atoms with van der Waals surface area (Å²) in [7, 11) is 0. The summed E-state index contributed by atoms with van der Waals surface area (Å²) in [5.74, 6) is 0. The Kier molecular flexibility index (Phi) is 4.92. The van der Waals surface area contributed by atoms with E-state index in [0.717, 1.165) is 11.1 Å². The van der Waals surface area contributed by atoms with Crippen LogP contribution in [0.4, 0.5) is 0 Å². The van der Waals surface area contributed by atoms with E-state index < -0.39 is 5.41 Å². The smallest absolute Gasteiger partial charge is 0.0476 e. The lowest BCUT2D eigenvalue weighted by atomic mass is 9.74. The van der Waals surface area contributed by atoms with Crippen molar-refractivity contribution in [3.63, 3.8) is 0 Å². The minimum atomic E-state index is -0.475. The maximum absolute atomic E-state index is 6.36. The molecular formula is C16H13Cl4. The first-order valence-electron chi connectivity index (χ1n) is 6.09. The van der Waals surface area contributed by atoms with E-state index in [9.17, 15) is 0 Å². The third-order valence-electron chi connectivity index (χ3n) is 3.53. The molecule has 0 nitrogen and oxygen atoms in total. The molecule has 0 saturated carbocycles. The molecule has 0 aliphatic heterocycles. The first-order chi connectivity index (χ1) is 9.40. The van der Waals surface area contributed by atoms with E-state index in [1.165, 1.54) is 0 Å². The summed E-state index contributed by atoms with van der Waals surface area (Å²) in [4.78, 5) is 0. The lowest BCUT2D eigenvalue weighted by Gasteiger charge is -2.32. The molecule has 0 saturated heterocycles. The Morgan fingerprint density at radius 1 is 0.950 bits per heavy atom. The molecule has 0 aliphatic rings. The van der Waals surface area contributed by atoms with Crippen LogP contribution in [0.5, 0.6) is 0 Å². The second kappa shape index (κ2) is 6.15. The number of hydrogen-bond acceptors (Lipinski definition) is 0. The van der Waals surface area contributed by atoms with Gasteiger partial charge in [-0.15, -0.1) is 0 Å². The zero-order valence-electron chi connectivity index (χ0n) is 10.9. The Bertz CT molecular complexity index is 613. The summed E-state index contributed by atoms with van der Waals surface area (Å²) in [6, 6.07) is 11.0. The largest absolute Gasteiger partial charge is 0.0842 e. The molecule has 2 aromatic rings. The quantitative estimate of drug-likeness (QED) is 0.571. The average Bonchev–Trinajstić information content (AvgIpc) is 2.37. The van der Waals surface area contributed by atoms with Gasteiger partial charge in [0.1, 0.15) is 0 Å². The normalized spacial score (nSPS) is 14.1. The maximum Gasteiger partial charge on any atom is 0.0476 e. The molecule has 1 atom stereocenters. The van der Waals surface area contributed by atoms with Crippen LogP contribution in [-0.4, -0.2) is 0 Å². The summed E-state index contributed by atoms with van der Waals surface area (Å²) in [6.45, 7) is 6.08. The standard InChI is InChI=1S/C16H13Cl4/c1-3-16(2,11-6-4-5-7-12(11)18)15-13(19)8-10(17)9-14(15)20/h4-9H,1,3H2,2H3. The van der Waals surface area contributed by atoms with Crippen molar-refractivity contribution < 1.29 is 0 Å². The monoisotopic (exact) mass is 345 g/mol. The van der Waals surface area contributed by atoms with Crippen molar-refractivity contribution in [3.05, 3.63) is 74.5 Å². The van der Waals surface area contributed by atoms with Crippen LogP contribution in [0.2, 0.25) is 20.1 Å². The Labute approximate surface area is 139 Å². The first kappa shape index (κ1) is 16.0. The zero-order chi connectivity index (χ0) is 14.9. The number of benzene rings is 2. The molecule has 0 aliphatic carbocycles. The van der Waals surface area contributed by atoms with Crippen LogP contribution in [0.3, 0.4) is 0 Å². The van der Waals surface area contributed by atoms with Crippen LogP contribution < -0.4 is 0 Å². The number of halogens is 4. The van der Waals surface area contributed by atoms with Crippen LogP contribution in [-0.2, 0) is 5.41 Å². The van der Waals surface area contributed by atoms with Gasteiger partial charge in [0.25, 0.3) is 0 Å². The highest BCUT2D eigenvalue weighted by Crippen LogP contribution is 2.45. The molecule has 20 heavy (non-hydrogen) atoms. The van der Waals surface area contributed by atoms with Crippen LogP contribution in [0, 0.1) is 6.92 Å². The summed E-state index contributed by atoms with van der Waals surface area (Å²) in [6.07, 6.45) is 0.567. The van der Waals surface area contributed by atoms with E-state index in [1.54, 1.807) is 12.1 Å². The second-order valence-electron chi connectivity index (χ2n) is 4.81. The van der Waals surface area contributed by atoms with E-state index in [0.29, 0.717) is 26.5 Å². The van der Waals surface area contributed by atoms with Crippen LogP contribution in [0.1, 0.15) is 24.5 Å². The zero-order valence-corrected chi connectivity index (χ0v) is 13.9. The van der Waals surface area contributed by atoms with Crippen molar-refractivity contribution >= 4 is 46.4 Å². The lowest BCUT2D eigenvalue weighted by molar-refractivity contribution is 0.579. The van der Waals surface area contributed by atoms with Gasteiger partial charge in [-0.25, -0.2) is 0 Å². The van der Waals surface area contributed by atoms with Crippen molar-refractivity contribution in [1.29, 1.82) is 0 Å². The Morgan fingerprint density at radius 3 is 2.00 bits per heavy atom. The lowest BCUT2D eigenvalue weighted by Crippen LogP contribution is -2.24. The topological polar surface area (TPSA) is 0 Å². The van der Waals surface area contributed by atoms with Gasteiger partial charge in [0.2, 0.25) is 0 Å². The van der Waals surface area contributed by atoms with Gasteiger partial charge in [-0.1, -0.05) is 78.5 Å². The summed E-state index contributed by atoms with van der Waals surface area (Å²) >= 11 is 25.0. The predicted octanol–water partition coefficient (Wildman–Crippen LogP) is 6.83. The molecule has 0 amide bonds. The van der Waals surface area contributed by atoms with Gasteiger partial charge >= 0.3 is 0 Å². The van der Waals surface area contributed by atoms with E-state index in [4.69, 9.17) is 46.4 Å². The highest BCUT2D eigenvalue weighted by atomic mass is 35.5. The fourth-order valence-electron chi connectivity index (χ4n) is 2.37. The highest BCUT2D eigenvalue weighted by Gasteiger charge is 2.33. The van der Waals surface area contributed by atoms with Crippen molar-refractivity contribution in [2.75, 3.05) is 0 Å². The van der Waals surface area contributed by atoms with Gasteiger partial charge in [-0.3, -0.25) is 0 Å². The third kappa shape index (κ3) is 2.80. The molecule has 0 heterocycles. The van der Waals surface area contributed by atoms with E-state index in [2.05, 4.69) is 6.92 Å². The molecule has 0 bridgehead atoms. The molecule has 4 heteroatoms. The molecular weight excluding hydrogens is 334 g/mol. The Morgan fingerprint density at radius 2 is 1.50 bits per heavy atom. The third-order valence-corrected chi connectivity index (χ3v) is 4.67. The summed E-state index contributed by atoms with van der Waals surface area (Å²) in [5, 5.41) is 2.22. The molecule has 105 valence electrons. The van der Waals surface area contributed by atoms with Crippen molar-refractivity contribution in [2.24, 2.45) is 0 Å². The van der Waals surface area contributed by atoms with Gasteiger partial charge in [-0.05, 0) is 35.7 Å². The van der Waals surface area contributed by atoms with Crippen LogP contribution in [0.15, 0.2) is 36.4 Å². The molecule has 1 radical (unpaired) electrons. The maximum atomic E-state index is 6.36. The van der Waals surface area contributed by atoms with Crippen LogP contribution >= 0.6 is 46.4 Å². The Balaban J connectivity index is 2.72.